The van der Waals surface area contributed by atoms with Crippen LogP contribution in [0.25, 0.3) is 0 Å². The summed E-state index contributed by atoms with van der Waals surface area (Å²) in [6.45, 7) is 5.99. The van der Waals surface area contributed by atoms with Gasteiger partial charge in [0.2, 0.25) is 0 Å². The number of esters is 1. The van der Waals surface area contributed by atoms with Crippen molar-refractivity contribution in [2.75, 3.05) is 30.4 Å². The van der Waals surface area contributed by atoms with Crippen molar-refractivity contribution in [3.8, 4) is 6.07 Å². The monoisotopic (exact) mass is 337 g/mol. The maximum absolute atomic E-state index is 12.3. The Morgan fingerprint density at radius 1 is 1.20 bits per heavy atom. The average molecular weight is 337 g/mol. The Labute approximate surface area is 148 Å². The zero-order valence-corrected chi connectivity index (χ0v) is 14.8. The predicted molar refractivity (Wildman–Crippen MR) is 99.5 cm³/mol. The van der Waals surface area contributed by atoms with Crippen molar-refractivity contribution >= 4 is 17.3 Å². The smallest absolute Gasteiger partial charge is 0.332 e. The molecule has 0 aliphatic rings. The van der Waals surface area contributed by atoms with Gasteiger partial charge in [0.05, 0.1) is 18.7 Å². The minimum atomic E-state index is -0.617. The van der Waals surface area contributed by atoms with Gasteiger partial charge in [-0.15, -0.1) is 0 Å². The summed E-state index contributed by atoms with van der Waals surface area (Å²) in [6, 6.07) is 16.3. The Bertz CT molecular complexity index is 746. The summed E-state index contributed by atoms with van der Waals surface area (Å²) >= 11 is 0. The van der Waals surface area contributed by atoms with E-state index in [9.17, 15) is 4.79 Å². The molecule has 0 aliphatic carbocycles. The first-order chi connectivity index (χ1) is 12.1. The van der Waals surface area contributed by atoms with Crippen LogP contribution in [0, 0.1) is 11.3 Å². The molecule has 1 unspecified atom stereocenters. The quantitative estimate of drug-likeness (QED) is 0.780. The van der Waals surface area contributed by atoms with Gasteiger partial charge in [0.25, 0.3) is 0 Å². The Hall–Kier alpha value is -3.00. The van der Waals surface area contributed by atoms with Crippen LogP contribution in [-0.2, 0) is 9.53 Å². The van der Waals surface area contributed by atoms with Crippen LogP contribution in [0.5, 0.6) is 0 Å². The molecule has 2 rings (SSSR count). The molecule has 1 atom stereocenters. The molecule has 0 bridgehead atoms. The van der Waals surface area contributed by atoms with Gasteiger partial charge in [0.1, 0.15) is 0 Å². The van der Waals surface area contributed by atoms with Crippen molar-refractivity contribution in [2.24, 2.45) is 0 Å². The van der Waals surface area contributed by atoms with Crippen molar-refractivity contribution in [2.45, 2.75) is 19.9 Å². The second-order valence-corrected chi connectivity index (χ2v) is 5.56. The molecule has 0 aliphatic heterocycles. The molecule has 2 aromatic rings. The lowest BCUT2D eigenvalue weighted by Crippen LogP contribution is -2.24. The Kier molecular flexibility index (Phi) is 6.41. The fourth-order valence-corrected chi connectivity index (χ4v) is 2.69. The summed E-state index contributed by atoms with van der Waals surface area (Å²) in [5.41, 5.74) is 3.23. The second-order valence-electron chi connectivity index (χ2n) is 5.56. The first kappa shape index (κ1) is 18.3. The molecular weight excluding hydrogens is 314 g/mol. The molecule has 0 aromatic heterocycles. The maximum atomic E-state index is 12.3. The van der Waals surface area contributed by atoms with E-state index in [1.165, 1.54) is 7.11 Å². The summed E-state index contributed by atoms with van der Waals surface area (Å²) < 4.78 is 4.97. The van der Waals surface area contributed by atoms with Gasteiger partial charge in [-0.25, -0.2) is 4.79 Å². The normalized spacial score (nSPS) is 11.3. The zero-order valence-electron chi connectivity index (χ0n) is 14.8. The molecule has 0 fully saturated rings. The predicted octanol–water partition coefficient (Wildman–Crippen LogP) is 3.73. The standard InChI is InChI=1S/C20H23N3O2/c1-4-23(5-2)18-8-6-7-16(13-18)19(20(24)25-3)22-17-11-9-15(14-21)10-12-17/h6-13,19,22H,4-5H2,1-3H3. The van der Waals surface area contributed by atoms with Gasteiger partial charge in [-0.2, -0.15) is 5.26 Å². The van der Waals surface area contributed by atoms with Crippen LogP contribution >= 0.6 is 0 Å². The van der Waals surface area contributed by atoms with E-state index in [4.69, 9.17) is 10.00 Å². The molecule has 0 radical (unpaired) electrons. The van der Waals surface area contributed by atoms with Gasteiger partial charge in [0.15, 0.2) is 6.04 Å². The first-order valence-corrected chi connectivity index (χ1v) is 8.32. The number of ether oxygens (including phenoxy) is 1. The van der Waals surface area contributed by atoms with Gasteiger partial charge in [-0.3, -0.25) is 0 Å². The lowest BCUT2D eigenvalue weighted by molar-refractivity contribution is -0.141. The van der Waals surface area contributed by atoms with Crippen LogP contribution in [0.4, 0.5) is 11.4 Å². The summed E-state index contributed by atoms with van der Waals surface area (Å²) in [5, 5.41) is 12.1. The highest BCUT2D eigenvalue weighted by Crippen LogP contribution is 2.25. The van der Waals surface area contributed by atoms with Crippen molar-refractivity contribution in [1.82, 2.24) is 0 Å². The van der Waals surface area contributed by atoms with Gasteiger partial charge in [-0.05, 0) is 55.8 Å². The molecule has 0 saturated heterocycles. The number of hydrogen-bond acceptors (Lipinski definition) is 5. The molecule has 1 N–H and O–H groups in total. The fraction of sp³-hybridized carbons (Fsp3) is 0.300. The Morgan fingerprint density at radius 3 is 2.44 bits per heavy atom. The molecular formula is C20H23N3O2. The van der Waals surface area contributed by atoms with Crippen molar-refractivity contribution in [3.05, 3.63) is 59.7 Å². The van der Waals surface area contributed by atoms with Crippen LogP contribution in [0.15, 0.2) is 48.5 Å². The third-order valence-electron chi connectivity index (χ3n) is 4.09. The van der Waals surface area contributed by atoms with Crippen LogP contribution in [-0.4, -0.2) is 26.2 Å². The van der Waals surface area contributed by atoms with E-state index >= 15 is 0 Å². The van der Waals surface area contributed by atoms with E-state index in [2.05, 4.69) is 30.1 Å². The lowest BCUT2D eigenvalue weighted by atomic mass is 10.0. The number of nitrogens with one attached hydrogen (secondary N) is 1. The molecule has 5 heteroatoms. The van der Waals surface area contributed by atoms with E-state index < -0.39 is 6.04 Å². The second kappa shape index (κ2) is 8.74. The average Bonchev–Trinajstić information content (AvgIpc) is 2.67. The topological polar surface area (TPSA) is 65.4 Å². The lowest BCUT2D eigenvalue weighted by Gasteiger charge is -2.24. The minimum Gasteiger partial charge on any atom is -0.467 e. The highest BCUT2D eigenvalue weighted by Gasteiger charge is 2.22. The molecule has 0 amide bonds. The van der Waals surface area contributed by atoms with Crippen molar-refractivity contribution < 1.29 is 9.53 Å². The van der Waals surface area contributed by atoms with Crippen LogP contribution in [0.1, 0.15) is 31.0 Å². The molecule has 2 aromatic carbocycles. The molecule has 0 saturated carbocycles. The molecule has 0 spiro atoms. The van der Waals surface area contributed by atoms with E-state index in [0.717, 1.165) is 30.0 Å². The summed E-state index contributed by atoms with van der Waals surface area (Å²) in [5.74, 6) is -0.360. The number of carbonyl (C=O) groups excluding carboxylic acids is 1. The van der Waals surface area contributed by atoms with Gasteiger partial charge < -0.3 is 15.0 Å². The maximum Gasteiger partial charge on any atom is 0.332 e. The number of benzene rings is 2. The van der Waals surface area contributed by atoms with Crippen LogP contribution in [0.2, 0.25) is 0 Å². The number of hydrogen-bond donors (Lipinski definition) is 1. The summed E-state index contributed by atoms with van der Waals surface area (Å²) in [4.78, 5) is 14.5. The number of methoxy groups -OCH3 is 1. The largest absolute Gasteiger partial charge is 0.467 e. The zero-order chi connectivity index (χ0) is 18.2. The van der Waals surface area contributed by atoms with Gasteiger partial charge >= 0.3 is 5.97 Å². The van der Waals surface area contributed by atoms with E-state index in [0.29, 0.717) is 5.56 Å². The Balaban J connectivity index is 2.32. The Morgan fingerprint density at radius 2 is 1.88 bits per heavy atom. The third kappa shape index (κ3) is 4.51. The number of anilines is 2. The van der Waals surface area contributed by atoms with Gasteiger partial charge in [-0.1, -0.05) is 12.1 Å². The minimum absolute atomic E-state index is 0.360. The first-order valence-electron chi connectivity index (χ1n) is 8.32. The van der Waals surface area contributed by atoms with E-state index in [1.54, 1.807) is 24.3 Å². The number of rotatable bonds is 7. The number of nitrogens with zero attached hydrogens (tertiary/aromatic N) is 2. The SMILES string of the molecule is CCN(CC)c1cccc(C(Nc2ccc(C#N)cc2)C(=O)OC)c1. The molecule has 5 nitrogen and oxygen atoms in total. The van der Waals surface area contributed by atoms with Crippen molar-refractivity contribution in [1.29, 1.82) is 5.26 Å². The molecule has 0 heterocycles. The molecule has 130 valence electrons. The van der Waals surface area contributed by atoms with E-state index in [1.807, 2.05) is 24.3 Å². The fourth-order valence-electron chi connectivity index (χ4n) is 2.69. The molecule has 25 heavy (non-hydrogen) atoms. The number of carbonyl (C=O) groups is 1. The summed E-state index contributed by atoms with van der Waals surface area (Å²) in [6.07, 6.45) is 0. The van der Waals surface area contributed by atoms with E-state index in [-0.39, 0.29) is 5.97 Å². The number of nitriles is 1. The van der Waals surface area contributed by atoms with Crippen LogP contribution < -0.4 is 10.2 Å². The highest BCUT2D eigenvalue weighted by molar-refractivity contribution is 5.81. The highest BCUT2D eigenvalue weighted by atomic mass is 16.5. The van der Waals surface area contributed by atoms with Crippen LogP contribution in [0.3, 0.4) is 0 Å². The summed E-state index contributed by atoms with van der Waals surface area (Å²) in [7, 11) is 1.38. The van der Waals surface area contributed by atoms with Crippen molar-refractivity contribution in [3.63, 3.8) is 0 Å². The third-order valence-corrected chi connectivity index (χ3v) is 4.09. The van der Waals surface area contributed by atoms with Gasteiger partial charge in [0, 0.05) is 24.5 Å².